The molecular weight excluding hydrogens is 571 g/mol. The van der Waals surface area contributed by atoms with Crippen molar-refractivity contribution in [3.05, 3.63) is 32.9 Å². The van der Waals surface area contributed by atoms with Crippen molar-refractivity contribution in [2.45, 2.75) is 77.1 Å². The third-order valence-corrected chi connectivity index (χ3v) is 7.72. The van der Waals surface area contributed by atoms with Crippen LogP contribution in [0.1, 0.15) is 53.5 Å². The number of rotatable bonds is 2. The lowest BCUT2D eigenvalue weighted by molar-refractivity contribution is -0.158. The molecule has 5 rings (SSSR count). The third-order valence-electron chi connectivity index (χ3n) is 6.62. The van der Waals surface area contributed by atoms with E-state index in [0.29, 0.717) is 18.2 Å². The third kappa shape index (κ3) is 4.44. The van der Waals surface area contributed by atoms with Crippen LogP contribution in [0.4, 0.5) is 4.79 Å². The summed E-state index contributed by atoms with van der Waals surface area (Å²) in [6, 6.07) is 0.0200. The summed E-state index contributed by atoms with van der Waals surface area (Å²) in [4.78, 5) is 23.3. The summed E-state index contributed by atoms with van der Waals surface area (Å²) < 4.78 is 21.7. The highest BCUT2D eigenvalue weighted by Crippen LogP contribution is 2.50. The molecule has 2 aromatic heterocycles. The predicted molar refractivity (Wildman–Crippen MR) is 137 cm³/mol. The molecule has 4 atom stereocenters. The minimum atomic E-state index is -0.685. The first-order valence-corrected chi connectivity index (χ1v) is 13.1. The highest BCUT2D eigenvalue weighted by molar-refractivity contribution is 14.1. The molecule has 1 aliphatic carbocycles. The van der Waals surface area contributed by atoms with Crippen LogP contribution >= 0.6 is 34.2 Å². The maximum absolute atomic E-state index is 12.8. The largest absolute Gasteiger partial charge is 0.444 e. The molecule has 0 unspecified atom stereocenters. The first-order chi connectivity index (χ1) is 15.9. The van der Waals surface area contributed by atoms with Gasteiger partial charge < -0.3 is 23.7 Å². The van der Waals surface area contributed by atoms with Gasteiger partial charge in [0.25, 0.3) is 0 Å². The summed E-state index contributed by atoms with van der Waals surface area (Å²) in [6.45, 7) is 10.8. The fourth-order valence-corrected chi connectivity index (χ4v) is 6.55. The van der Waals surface area contributed by atoms with Crippen molar-refractivity contribution in [3.8, 4) is 0 Å². The molecule has 10 heteroatoms. The summed E-state index contributed by atoms with van der Waals surface area (Å²) in [5.41, 5.74) is 1.48. The summed E-state index contributed by atoms with van der Waals surface area (Å²) in [7, 11) is 0. The first-order valence-electron chi connectivity index (χ1n) is 11.6. The smallest absolute Gasteiger partial charge is 0.410 e. The Hall–Kier alpha value is -1.43. The first kappa shape index (κ1) is 24.3. The lowest BCUT2D eigenvalue weighted by atomic mass is 9.91. The van der Waals surface area contributed by atoms with E-state index in [1.807, 2.05) is 34.6 Å². The van der Waals surface area contributed by atoms with Crippen LogP contribution in [-0.4, -0.2) is 62.2 Å². The van der Waals surface area contributed by atoms with E-state index in [4.69, 9.17) is 25.8 Å². The van der Waals surface area contributed by atoms with E-state index in [9.17, 15) is 4.79 Å². The van der Waals surface area contributed by atoms with Crippen LogP contribution in [0.25, 0.3) is 11.0 Å². The van der Waals surface area contributed by atoms with Gasteiger partial charge in [-0.25, -0.2) is 14.8 Å². The Kier molecular flexibility index (Phi) is 6.14. The molecule has 34 heavy (non-hydrogen) atoms. The lowest BCUT2D eigenvalue weighted by Crippen LogP contribution is -2.41. The van der Waals surface area contributed by atoms with Crippen LogP contribution in [0.5, 0.6) is 0 Å². The zero-order valence-electron chi connectivity index (χ0n) is 20.0. The van der Waals surface area contributed by atoms with Crippen molar-refractivity contribution in [3.63, 3.8) is 0 Å². The Morgan fingerprint density at radius 2 is 2.00 bits per heavy atom. The normalized spacial score (nSPS) is 28.8. The average molecular weight is 601 g/mol. The molecule has 3 aliphatic rings. The molecule has 0 radical (unpaired) electrons. The van der Waals surface area contributed by atoms with Crippen molar-refractivity contribution in [2.24, 2.45) is 5.92 Å². The Bertz CT molecular complexity index is 1160. The highest BCUT2D eigenvalue weighted by atomic mass is 127. The molecule has 0 N–H and O–H groups in total. The zero-order valence-corrected chi connectivity index (χ0v) is 23.0. The van der Waals surface area contributed by atoms with E-state index < -0.39 is 11.4 Å². The van der Waals surface area contributed by atoms with Crippen molar-refractivity contribution in [2.75, 3.05) is 13.1 Å². The van der Waals surface area contributed by atoms with Crippen LogP contribution in [0.2, 0.25) is 5.15 Å². The predicted octanol–water partition coefficient (Wildman–Crippen LogP) is 5.34. The molecule has 2 fully saturated rings. The summed E-state index contributed by atoms with van der Waals surface area (Å²) in [5, 5.41) is 1.31. The van der Waals surface area contributed by atoms with Gasteiger partial charge in [0, 0.05) is 28.8 Å². The monoisotopic (exact) mass is 600 g/mol. The number of amides is 1. The number of aromatic nitrogens is 3. The van der Waals surface area contributed by atoms with E-state index in [0.717, 1.165) is 27.4 Å². The van der Waals surface area contributed by atoms with Crippen molar-refractivity contribution >= 4 is 51.3 Å². The van der Waals surface area contributed by atoms with Crippen LogP contribution in [-0.2, 0) is 14.2 Å². The fraction of sp³-hybridized carbons (Fsp3) is 0.625. The molecule has 0 spiro atoms. The molecule has 2 aliphatic heterocycles. The number of carbonyl (C=O) groups is 1. The Morgan fingerprint density at radius 1 is 1.26 bits per heavy atom. The van der Waals surface area contributed by atoms with Gasteiger partial charge in [-0.05, 0) is 75.6 Å². The molecule has 0 aromatic carbocycles. The molecule has 1 saturated heterocycles. The number of hydrogen-bond donors (Lipinski definition) is 0. The van der Waals surface area contributed by atoms with Crippen molar-refractivity contribution in [1.29, 1.82) is 0 Å². The van der Waals surface area contributed by atoms with E-state index in [2.05, 4.69) is 49.4 Å². The van der Waals surface area contributed by atoms with Gasteiger partial charge in [0.1, 0.15) is 28.8 Å². The van der Waals surface area contributed by atoms with Gasteiger partial charge in [-0.3, -0.25) is 0 Å². The number of halogens is 2. The zero-order chi connectivity index (χ0) is 24.4. The number of nitrogens with zero attached hydrogens (tertiary/aromatic N) is 4. The topological polar surface area (TPSA) is 78.7 Å². The Balaban J connectivity index is 1.46. The van der Waals surface area contributed by atoms with E-state index in [1.165, 1.54) is 11.9 Å². The van der Waals surface area contributed by atoms with Crippen LogP contribution in [0.3, 0.4) is 0 Å². The lowest BCUT2D eigenvalue weighted by Gasteiger charge is -2.33. The second-order valence-electron chi connectivity index (χ2n) is 10.7. The van der Waals surface area contributed by atoms with Gasteiger partial charge in [0.05, 0.1) is 17.5 Å². The maximum Gasteiger partial charge on any atom is 0.410 e. The van der Waals surface area contributed by atoms with Crippen molar-refractivity contribution < 1.29 is 19.0 Å². The number of hydrogen-bond acceptors (Lipinski definition) is 6. The van der Waals surface area contributed by atoms with Crippen LogP contribution in [0, 0.1) is 9.49 Å². The molecular formula is C24H30ClIN4O4. The average Bonchev–Trinajstić information content (AvgIpc) is 3.35. The Morgan fingerprint density at radius 3 is 2.74 bits per heavy atom. The second kappa shape index (κ2) is 8.60. The van der Waals surface area contributed by atoms with Gasteiger partial charge in [-0.15, -0.1) is 0 Å². The second-order valence-corrected chi connectivity index (χ2v) is 12.2. The fourth-order valence-electron chi connectivity index (χ4n) is 5.37. The molecule has 2 aromatic rings. The number of carbonyl (C=O) groups excluding carboxylic acids is 1. The van der Waals surface area contributed by atoms with E-state index in [-0.39, 0.29) is 30.3 Å². The minimum absolute atomic E-state index is 0.0200. The maximum atomic E-state index is 12.8. The summed E-state index contributed by atoms with van der Waals surface area (Å²) in [5.74, 6) is -0.566. The van der Waals surface area contributed by atoms with Crippen LogP contribution in [0.15, 0.2) is 24.2 Å². The van der Waals surface area contributed by atoms with E-state index >= 15 is 0 Å². The van der Waals surface area contributed by atoms with E-state index in [1.54, 1.807) is 4.90 Å². The summed E-state index contributed by atoms with van der Waals surface area (Å²) in [6.07, 6.45) is 6.93. The molecule has 8 nitrogen and oxygen atoms in total. The van der Waals surface area contributed by atoms with Gasteiger partial charge >= 0.3 is 6.09 Å². The van der Waals surface area contributed by atoms with Gasteiger partial charge in [0.15, 0.2) is 5.79 Å². The number of fused-ring (bicyclic) bond motifs is 2. The van der Waals surface area contributed by atoms with Gasteiger partial charge in [0.2, 0.25) is 0 Å². The molecule has 1 amide bonds. The summed E-state index contributed by atoms with van der Waals surface area (Å²) >= 11 is 8.68. The molecule has 0 bridgehead atoms. The van der Waals surface area contributed by atoms with Crippen molar-refractivity contribution in [1.82, 2.24) is 19.4 Å². The van der Waals surface area contributed by atoms with Crippen LogP contribution < -0.4 is 0 Å². The standard InChI is InChI=1S/C24H30ClIN4O4/c1-23(2,3)34-22(31)29-8-6-7-13(10-29)14-9-16(19-18(14)32-24(4,5)33-19)30-11-15(26)17-20(25)27-12-28-21(17)30/h7,11-12,14,16,18-19H,6,8-10H2,1-5H3/t14-,16-,18-,19+/m1/s1. The Labute approximate surface area is 218 Å². The molecule has 4 heterocycles. The highest BCUT2D eigenvalue weighted by Gasteiger charge is 2.56. The minimum Gasteiger partial charge on any atom is -0.444 e. The quantitative estimate of drug-likeness (QED) is 0.263. The molecule has 1 saturated carbocycles. The van der Waals surface area contributed by atoms with Gasteiger partial charge in [-0.1, -0.05) is 17.7 Å². The SMILES string of the molecule is CC(C)(C)OC(=O)N1CCC=C([C@H]2C[C@@H](n3cc(I)c4c(Cl)ncnc43)[C@@H]3OC(C)(C)O[C@@H]32)C1. The number of ether oxygens (including phenoxy) is 3. The molecule has 184 valence electrons. The van der Waals surface area contributed by atoms with Gasteiger partial charge in [-0.2, -0.15) is 0 Å².